The van der Waals surface area contributed by atoms with Crippen LogP contribution >= 0.6 is 0 Å². The van der Waals surface area contributed by atoms with Gasteiger partial charge in [-0.1, -0.05) is 13.8 Å². The Balaban J connectivity index is 2.33. The Hall–Kier alpha value is -2.61. The van der Waals surface area contributed by atoms with Crippen molar-refractivity contribution in [2.75, 3.05) is 19.4 Å². The van der Waals surface area contributed by atoms with Crippen LogP contribution in [0.15, 0.2) is 28.6 Å². The standard InChI is InChI=1S/C17H24N4O4/c1-8(2)9(3)19-12-13(16(24)15(12)23)20-11-7-18-6-10(14(11)22)17(25)21(4)5/h6-9,16,19-20,24H,1-5H3,(H,18,22)/t9-,16?/m0/s1. The first-order valence-corrected chi connectivity index (χ1v) is 8.07. The summed E-state index contributed by atoms with van der Waals surface area (Å²) in [6.45, 7) is 5.94. The predicted molar refractivity (Wildman–Crippen MR) is 94.2 cm³/mol. The second kappa shape index (κ2) is 7.10. The molecule has 0 fully saturated rings. The Morgan fingerprint density at radius 2 is 1.88 bits per heavy atom. The van der Waals surface area contributed by atoms with Gasteiger partial charge in [-0.2, -0.15) is 0 Å². The summed E-state index contributed by atoms with van der Waals surface area (Å²) in [5, 5.41) is 15.8. The molecule has 8 heteroatoms. The zero-order valence-corrected chi connectivity index (χ0v) is 15.0. The van der Waals surface area contributed by atoms with Crippen molar-refractivity contribution >= 4 is 17.4 Å². The van der Waals surface area contributed by atoms with E-state index in [-0.39, 0.29) is 34.6 Å². The van der Waals surface area contributed by atoms with E-state index in [0.717, 1.165) is 0 Å². The predicted octanol–water partition coefficient (Wildman–Crippen LogP) is 0.278. The minimum absolute atomic E-state index is 0.0168. The molecule has 1 unspecified atom stereocenters. The molecule has 0 aromatic carbocycles. The molecule has 2 rings (SSSR count). The topological polar surface area (TPSA) is 115 Å². The van der Waals surface area contributed by atoms with E-state index in [0.29, 0.717) is 0 Å². The van der Waals surface area contributed by atoms with Gasteiger partial charge in [-0.05, 0) is 12.8 Å². The zero-order chi connectivity index (χ0) is 18.9. The molecule has 1 aliphatic rings. The van der Waals surface area contributed by atoms with Gasteiger partial charge in [0.2, 0.25) is 11.2 Å². The van der Waals surface area contributed by atoms with Crippen molar-refractivity contribution in [3.05, 3.63) is 39.6 Å². The third kappa shape index (κ3) is 3.58. The number of hydrogen-bond donors (Lipinski definition) is 4. The van der Waals surface area contributed by atoms with E-state index in [9.17, 15) is 19.5 Å². The van der Waals surface area contributed by atoms with Crippen molar-refractivity contribution < 1.29 is 14.7 Å². The first kappa shape index (κ1) is 18.7. The second-order valence-electron chi connectivity index (χ2n) is 6.67. The Morgan fingerprint density at radius 1 is 1.24 bits per heavy atom. The Morgan fingerprint density at radius 3 is 2.44 bits per heavy atom. The number of carbonyl (C=O) groups excluding carboxylic acids is 2. The van der Waals surface area contributed by atoms with Gasteiger partial charge < -0.3 is 25.6 Å². The van der Waals surface area contributed by atoms with Crippen LogP contribution in [0, 0.1) is 5.92 Å². The van der Waals surface area contributed by atoms with Crippen LogP contribution in [0.25, 0.3) is 0 Å². The maximum atomic E-state index is 12.5. The maximum absolute atomic E-state index is 12.5. The van der Waals surface area contributed by atoms with Crippen LogP contribution in [0.3, 0.4) is 0 Å². The first-order valence-electron chi connectivity index (χ1n) is 8.07. The van der Waals surface area contributed by atoms with E-state index >= 15 is 0 Å². The summed E-state index contributed by atoms with van der Waals surface area (Å²) >= 11 is 0. The van der Waals surface area contributed by atoms with Gasteiger partial charge in [0.05, 0.1) is 5.70 Å². The molecule has 1 heterocycles. The number of nitrogens with one attached hydrogen (secondary N) is 3. The van der Waals surface area contributed by atoms with Gasteiger partial charge in [0.25, 0.3) is 5.91 Å². The fraction of sp³-hybridized carbons (Fsp3) is 0.471. The van der Waals surface area contributed by atoms with E-state index in [4.69, 9.17) is 0 Å². The van der Waals surface area contributed by atoms with E-state index in [1.165, 1.54) is 17.3 Å². The minimum atomic E-state index is -1.31. The van der Waals surface area contributed by atoms with E-state index < -0.39 is 23.2 Å². The summed E-state index contributed by atoms with van der Waals surface area (Å²) in [6, 6.07) is 0.0168. The van der Waals surface area contributed by atoms with Crippen LogP contribution in [0.5, 0.6) is 0 Å². The third-order valence-electron chi connectivity index (χ3n) is 4.26. The summed E-state index contributed by atoms with van der Waals surface area (Å²) in [6.07, 6.45) is 1.40. The quantitative estimate of drug-likeness (QED) is 0.587. The van der Waals surface area contributed by atoms with Crippen molar-refractivity contribution in [2.45, 2.75) is 32.9 Å². The van der Waals surface area contributed by atoms with Crippen LogP contribution in [0.1, 0.15) is 31.1 Å². The number of ketones is 1. The van der Waals surface area contributed by atoms with Gasteiger partial charge in [-0.3, -0.25) is 14.4 Å². The van der Waals surface area contributed by atoms with Gasteiger partial charge in [0, 0.05) is 32.5 Å². The van der Waals surface area contributed by atoms with Crippen molar-refractivity contribution in [1.29, 1.82) is 0 Å². The van der Waals surface area contributed by atoms with Gasteiger partial charge >= 0.3 is 0 Å². The molecule has 0 saturated carbocycles. The molecule has 0 aliphatic heterocycles. The number of aromatic nitrogens is 1. The lowest BCUT2D eigenvalue weighted by Crippen LogP contribution is -2.49. The number of hydrogen-bond acceptors (Lipinski definition) is 6. The molecular formula is C17H24N4O4. The number of rotatable bonds is 6. The lowest BCUT2D eigenvalue weighted by Gasteiger charge is -2.32. The Kier molecular flexibility index (Phi) is 5.32. The average Bonchev–Trinajstić information content (AvgIpc) is 2.57. The summed E-state index contributed by atoms with van der Waals surface area (Å²) in [5.74, 6) is -0.577. The molecule has 25 heavy (non-hydrogen) atoms. The van der Waals surface area contributed by atoms with Gasteiger partial charge in [-0.15, -0.1) is 0 Å². The fourth-order valence-corrected chi connectivity index (χ4v) is 2.26. The Labute approximate surface area is 145 Å². The van der Waals surface area contributed by atoms with Crippen LogP contribution in [0.4, 0.5) is 5.69 Å². The molecule has 1 aromatic heterocycles. The molecule has 1 aliphatic carbocycles. The fourth-order valence-electron chi connectivity index (χ4n) is 2.26. The van der Waals surface area contributed by atoms with Crippen LogP contribution in [-0.2, 0) is 4.79 Å². The molecule has 4 N–H and O–H groups in total. The maximum Gasteiger partial charge on any atom is 0.258 e. The molecular weight excluding hydrogens is 324 g/mol. The number of nitrogens with zero attached hydrogens (tertiary/aromatic N) is 1. The molecule has 0 bridgehead atoms. The summed E-state index contributed by atoms with van der Waals surface area (Å²) in [5.41, 5.74) is 0.0502. The molecule has 136 valence electrons. The van der Waals surface area contributed by atoms with Crippen LogP contribution in [-0.4, -0.2) is 52.9 Å². The lowest BCUT2D eigenvalue weighted by atomic mass is 9.93. The number of aliphatic hydroxyl groups excluding tert-OH is 1. The Bertz CT molecular complexity index is 779. The normalized spacial score (nSPS) is 18.0. The summed E-state index contributed by atoms with van der Waals surface area (Å²) in [4.78, 5) is 40.5. The highest BCUT2D eigenvalue weighted by Crippen LogP contribution is 2.25. The van der Waals surface area contributed by atoms with Crippen molar-refractivity contribution in [3.8, 4) is 0 Å². The number of pyridine rings is 1. The number of H-pyrrole nitrogens is 1. The molecule has 8 nitrogen and oxygen atoms in total. The molecule has 1 amide bonds. The number of amides is 1. The molecule has 1 aromatic rings. The molecule has 2 atom stereocenters. The summed E-state index contributed by atoms with van der Waals surface area (Å²) in [7, 11) is 3.10. The number of anilines is 1. The first-order chi connectivity index (χ1) is 11.6. The monoisotopic (exact) mass is 348 g/mol. The van der Waals surface area contributed by atoms with Crippen molar-refractivity contribution in [3.63, 3.8) is 0 Å². The SMILES string of the molecule is CC(C)[C@H](C)NC1=C(Nc2c[nH]cc(C(=O)N(C)C)c2=O)C(O)C1=O. The smallest absolute Gasteiger partial charge is 0.258 e. The van der Waals surface area contributed by atoms with Crippen molar-refractivity contribution in [1.82, 2.24) is 15.2 Å². The van der Waals surface area contributed by atoms with E-state index in [1.54, 1.807) is 14.1 Å². The average molecular weight is 348 g/mol. The van der Waals surface area contributed by atoms with Crippen LogP contribution in [0.2, 0.25) is 0 Å². The number of Topliss-reactive ketones (excluding diaryl/α,β-unsaturated/α-hetero) is 1. The largest absolute Gasteiger partial charge is 0.378 e. The highest BCUT2D eigenvalue weighted by molar-refractivity contribution is 6.09. The number of aromatic amines is 1. The number of carbonyl (C=O) groups is 2. The molecule has 0 radical (unpaired) electrons. The minimum Gasteiger partial charge on any atom is -0.378 e. The van der Waals surface area contributed by atoms with Crippen molar-refractivity contribution in [2.24, 2.45) is 5.92 Å². The highest BCUT2D eigenvalue weighted by atomic mass is 16.3. The van der Waals surface area contributed by atoms with E-state index in [2.05, 4.69) is 15.6 Å². The van der Waals surface area contributed by atoms with Gasteiger partial charge in [0.15, 0.2) is 6.10 Å². The van der Waals surface area contributed by atoms with Gasteiger partial charge in [0.1, 0.15) is 16.9 Å². The lowest BCUT2D eigenvalue weighted by molar-refractivity contribution is -0.125. The van der Waals surface area contributed by atoms with Crippen LogP contribution < -0.4 is 16.1 Å². The third-order valence-corrected chi connectivity index (χ3v) is 4.26. The van der Waals surface area contributed by atoms with Gasteiger partial charge in [-0.25, -0.2) is 0 Å². The number of aliphatic hydroxyl groups is 1. The molecule has 0 spiro atoms. The molecule has 0 saturated heterocycles. The second-order valence-corrected chi connectivity index (χ2v) is 6.67. The summed E-state index contributed by atoms with van der Waals surface area (Å²) < 4.78 is 0. The van der Waals surface area contributed by atoms with E-state index in [1.807, 2.05) is 20.8 Å². The highest BCUT2D eigenvalue weighted by Gasteiger charge is 2.39. The zero-order valence-electron chi connectivity index (χ0n) is 15.0.